The van der Waals surface area contributed by atoms with Crippen molar-refractivity contribution in [2.45, 2.75) is 39.7 Å². The van der Waals surface area contributed by atoms with Gasteiger partial charge in [-0.1, -0.05) is 0 Å². The zero-order valence-corrected chi connectivity index (χ0v) is 9.91. The van der Waals surface area contributed by atoms with Crippen molar-refractivity contribution in [2.75, 3.05) is 0 Å². The zero-order valence-electron chi connectivity index (χ0n) is 9.91. The maximum atomic E-state index is 8.70. The van der Waals surface area contributed by atoms with Gasteiger partial charge in [-0.3, -0.25) is 0 Å². The summed E-state index contributed by atoms with van der Waals surface area (Å²) in [5, 5.41) is 8.70. The highest BCUT2D eigenvalue weighted by Gasteiger charge is 2.21. The molecular formula is C12H16BO3. The third-order valence-corrected chi connectivity index (χ3v) is 3.19. The van der Waals surface area contributed by atoms with Crippen LogP contribution in [-0.2, 0) is 6.42 Å². The van der Waals surface area contributed by atoms with Crippen molar-refractivity contribution in [1.29, 1.82) is 0 Å². The lowest BCUT2D eigenvalue weighted by atomic mass is 9.96. The van der Waals surface area contributed by atoms with Crippen molar-refractivity contribution in [1.82, 2.24) is 0 Å². The molecule has 1 aromatic carbocycles. The Labute approximate surface area is 96.7 Å². The number of fused-ring (bicyclic) bond motifs is 1. The number of benzene rings is 1. The summed E-state index contributed by atoms with van der Waals surface area (Å²) < 4.78 is 10.9. The molecule has 1 radical (unpaired) electrons. The van der Waals surface area contributed by atoms with Crippen molar-refractivity contribution in [3.8, 4) is 11.5 Å². The monoisotopic (exact) mass is 219 g/mol. The average Bonchev–Trinajstić information content (AvgIpc) is 2.27. The molecule has 1 atom stereocenters. The molecule has 0 spiro atoms. The van der Waals surface area contributed by atoms with Gasteiger partial charge >= 0.3 is 7.69 Å². The minimum absolute atomic E-state index is 0.279. The Morgan fingerprint density at radius 3 is 2.88 bits per heavy atom. The standard InChI is InChI=1S/C12H16BO3/c1-7-4-5-10-6-11(16-13-14)8(2)9(3)12(10)15-7/h6-7,14H,4-5H2,1-3H3. The second-order valence-corrected chi connectivity index (χ2v) is 4.30. The first-order chi connectivity index (χ1) is 7.63. The Morgan fingerprint density at radius 1 is 1.44 bits per heavy atom. The van der Waals surface area contributed by atoms with Crippen LogP contribution in [0.4, 0.5) is 0 Å². The molecule has 16 heavy (non-hydrogen) atoms. The molecule has 4 heteroatoms. The lowest BCUT2D eigenvalue weighted by molar-refractivity contribution is 0.190. The van der Waals surface area contributed by atoms with E-state index in [0.29, 0.717) is 5.75 Å². The van der Waals surface area contributed by atoms with Crippen LogP contribution in [0.2, 0.25) is 0 Å². The van der Waals surface area contributed by atoms with Crippen LogP contribution in [0.1, 0.15) is 30.0 Å². The summed E-state index contributed by atoms with van der Waals surface area (Å²) in [7, 11) is 0.723. The third kappa shape index (κ3) is 1.89. The second-order valence-electron chi connectivity index (χ2n) is 4.30. The zero-order chi connectivity index (χ0) is 11.7. The van der Waals surface area contributed by atoms with Gasteiger partial charge in [0.25, 0.3) is 0 Å². The molecule has 0 aliphatic carbocycles. The lowest BCUT2D eigenvalue weighted by Gasteiger charge is -2.26. The summed E-state index contributed by atoms with van der Waals surface area (Å²) in [5.74, 6) is 1.69. The number of rotatable bonds is 2. The van der Waals surface area contributed by atoms with E-state index in [4.69, 9.17) is 14.4 Å². The molecule has 0 aromatic heterocycles. The van der Waals surface area contributed by atoms with Crippen molar-refractivity contribution in [2.24, 2.45) is 0 Å². The Morgan fingerprint density at radius 2 is 2.19 bits per heavy atom. The van der Waals surface area contributed by atoms with Crippen LogP contribution in [0.5, 0.6) is 11.5 Å². The summed E-state index contributed by atoms with van der Waals surface area (Å²) >= 11 is 0. The Kier molecular flexibility index (Phi) is 3.10. The predicted molar refractivity (Wildman–Crippen MR) is 62.9 cm³/mol. The molecule has 1 aliphatic heterocycles. The molecule has 0 amide bonds. The number of ether oxygens (including phenoxy) is 1. The third-order valence-electron chi connectivity index (χ3n) is 3.19. The highest BCUT2D eigenvalue weighted by atomic mass is 16.5. The molecule has 3 nitrogen and oxygen atoms in total. The van der Waals surface area contributed by atoms with E-state index in [-0.39, 0.29) is 6.10 Å². The fourth-order valence-electron chi connectivity index (χ4n) is 2.08. The summed E-state index contributed by atoms with van der Waals surface area (Å²) in [5.41, 5.74) is 3.28. The van der Waals surface area contributed by atoms with Gasteiger partial charge in [0.2, 0.25) is 0 Å². The van der Waals surface area contributed by atoms with Gasteiger partial charge in [0, 0.05) is 0 Å². The van der Waals surface area contributed by atoms with E-state index < -0.39 is 0 Å². The number of aryl methyl sites for hydroxylation is 1. The van der Waals surface area contributed by atoms with Crippen LogP contribution in [-0.4, -0.2) is 18.8 Å². The number of hydrogen-bond donors (Lipinski definition) is 1. The molecule has 0 saturated carbocycles. The van der Waals surface area contributed by atoms with Crippen LogP contribution >= 0.6 is 0 Å². The normalized spacial score (nSPS) is 18.6. The van der Waals surface area contributed by atoms with Gasteiger partial charge in [-0.05, 0) is 56.4 Å². The second kappa shape index (κ2) is 4.38. The van der Waals surface area contributed by atoms with Crippen LogP contribution in [0, 0.1) is 13.8 Å². The van der Waals surface area contributed by atoms with Crippen molar-refractivity contribution >= 4 is 7.69 Å². The van der Waals surface area contributed by atoms with Crippen molar-refractivity contribution in [3.05, 3.63) is 22.8 Å². The van der Waals surface area contributed by atoms with E-state index in [9.17, 15) is 0 Å². The molecule has 2 rings (SSSR count). The molecule has 1 aromatic rings. The van der Waals surface area contributed by atoms with E-state index >= 15 is 0 Å². The van der Waals surface area contributed by atoms with Gasteiger partial charge in [0.05, 0.1) is 6.10 Å². The van der Waals surface area contributed by atoms with Gasteiger partial charge in [-0.25, -0.2) is 0 Å². The quantitative estimate of drug-likeness (QED) is 0.772. The van der Waals surface area contributed by atoms with E-state index in [2.05, 4.69) is 6.92 Å². The SMILES string of the molecule is Cc1c(O[B]O)cc2c(c1C)OC(C)CC2. The lowest BCUT2D eigenvalue weighted by Crippen LogP contribution is -2.20. The smallest absolute Gasteiger partial charge is 0.537 e. The van der Waals surface area contributed by atoms with Gasteiger partial charge < -0.3 is 14.4 Å². The molecule has 1 aliphatic rings. The number of hydrogen-bond acceptors (Lipinski definition) is 3. The summed E-state index contributed by atoms with van der Waals surface area (Å²) in [6, 6.07) is 1.95. The van der Waals surface area contributed by atoms with Crippen LogP contribution < -0.4 is 9.39 Å². The minimum atomic E-state index is 0.279. The van der Waals surface area contributed by atoms with Crippen molar-refractivity contribution < 1.29 is 14.4 Å². The maximum Gasteiger partial charge on any atom is 0.569 e. The largest absolute Gasteiger partial charge is 0.569 e. The molecule has 0 saturated heterocycles. The molecule has 0 bridgehead atoms. The summed E-state index contributed by atoms with van der Waals surface area (Å²) in [6.07, 6.45) is 2.30. The highest BCUT2D eigenvalue weighted by Crippen LogP contribution is 2.37. The first-order valence-corrected chi connectivity index (χ1v) is 5.55. The van der Waals surface area contributed by atoms with E-state index in [0.717, 1.165) is 43.0 Å². The Balaban J connectivity index is 2.45. The van der Waals surface area contributed by atoms with Gasteiger partial charge in [-0.2, -0.15) is 0 Å². The van der Waals surface area contributed by atoms with Crippen LogP contribution in [0.15, 0.2) is 6.07 Å². The van der Waals surface area contributed by atoms with Crippen LogP contribution in [0.3, 0.4) is 0 Å². The Bertz CT molecular complexity index is 404. The summed E-state index contributed by atoms with van der Waals surface area (Å²) in [6.45, 7) is 6.08. The van der Waals surface area contributed by atoms with Crippen LogP contribution in [0.25, 0.3) is 0 Å². The fourth-order valence-corrected chi connectivity index (χ4v) is 2.08. The molecule has 0 fully saturated rings. The topological polar surface area (TPSA) is 38.7 Å². The highest BCUT2D eigenvalue weighted by molar-refractivity contribution is 6.17. The molecule has 1 N–H and O–H groups in total. The van der Waals surface area contributed by atoms with Gasteiger partial charge in [0.15, 0.2) is 0 Å². The Hall–Kier alpha value is -1.16. The first kappa shape index (κ1) is 11.3. The average molecular weight is 219 g/mol. The van der Waals surface area contributed by atoms with E-state index in [1.54, 1.807) is 0 Å². The van der Waals surface area contributed by atoms with E-state index in [1.165, 1.54) is 0 Å². The van der Waals surface area contributed by atoms with E-state index in [1.807, 2.05) is 19.9 Å². The molecular weight excluding hydrogens is 203 g/mol. The van der Waals surface area contributed by atoms with Crippen molar-refractivity contribution in [3.63, 3.8) is 0 Å². The van der Waals surface area contributed by atoms with Gasteiger partial charge in [-0.15, -0.1) is 0 Å². The summed E-state index contributed by atoms with van der Waals surface area (Å²) in [4.78, 5) is 0. The predicted octanol–water partition coefficient (Wildman–Crippen LogP) is 1.92. The first-order valence-electron chi connectivity index (χ1n) is 5.55. The minimum Gasteiger partial charge on any atom is -0.537 e. The molecule has 1 unspecified atom stereocenters. The molecule has 1 heterocycles. The molecule has 85 valence electrons. The van der Waals surface area contributed by atoms with Gasteiger partial charge in [0.1, 0.15) is 11.5 Å². The maximum absolute atomic E-state index is 8.70. The fraction of sp³-hybridized carbons (Fsp3) is 0.500.